The maximum Gasteiger partial charge on any atom is 0.164 e. The van der Waals surface area contributed by atoms with Crippen molar-refractivity contribution in [3.63, 3.8) is 0 Å². The molecule has 0 atom stereocenters. The third-order valence-electron chi connectivity index (χ3n) is 12.4. The van der Waals surface area contributed by atoms with E-state index in [2.05, 4.69) is 144 Å². The van der Waals surface area contributed by atoms with Gasteiger partial charge in [0.15, 0.2) is 17.5 Å². The van der Waals surface area contributed by atoms with Crippen LogP contribution in [-0.2, 0) is 0 Å². The van der Waals surface area contributed by atoms with Gasteiger partial charge in [0.1, 0.15) is 22.3 Å². The molecule has 14 aromatic rings. The highest BCUT2D eigenvalue weighted by Crippen LogP contribution is 2.43. The van der Waals surface area contributed by atoms with Crippen LogP contribution in [-0.4, -0.2) is 19.5 Å². The SMILES string of the molecule is c1ccc2cc3c(cc2c1)c1ccccc1n3-c1cc(-c2nc(-c3ccc4oc5ccccc5c4c3)nc(-c3ccc4sc5ccccc5c4c3)n2)c2c(c1)oc1ccccc12. The van der Waals surface area contributed by atoms with E-state index in [-0.39, 0.29) is 0 Å². The summed E-state index contributed by atoms with van der Waals surface area (Å²) < 4.78 is 17.8. The third kappa shape index (κ3) is 4.94. The summed E-state index contributed by atoms with van der Waals surface area (Å²) in [5.74, 6) is 1.72. The quantitative estimate of drug-likeness (QED) is 0.177. The summed E-state index contributed by atoms with van der Waals surface area (Å²) in [4.78, 5) is 16.1. The second-order valence-corrected chi connectivity index (χ2v) is 17.0. The Morgan fingerprint density at radius 1 is 0.371 bits per heavy atom. The Hall–Kier alpha value is -8.13. The van der Waals surface area contributed by atoms with Gasteiger partial charge < -0.3 is 13.4 Å². The molecule has 0 amide bonds. The molecule has 0 aliphatic rings. The molecule has 6 nitrogen and oxygen atoms in total. The van der Waals surface area contributed by atoms with E-state index in [4.69, 9.17) is 23.8 Å². The third-order valence-corrected chi connectivity index (χ3v) is 13.6. The van der Waals surface area contributed by atoms with Crippen molar-refractivity contribution in [2.45, 2.75) is 0 Å². The van der Waals surface area contributed by atoms with Gasteiger partial charge in [-0.3, -0.25) is 0 Å². The van der Waals surface area contributed by atoms with Crippen LogP contribution in [0.2, 0.25) is 0 Å². The van der Waals surface area contributed by atoms with Crippen LogP contribution in [0.3, 0.4) is 0 Å². The van der Waals surface area contributed by atoms with E-state index in [1.807, 2.05) is 42.5 Å². The molecule has 0 spiro atoms. The fraction of sp³-hybridized carbons (Fsp3) is 0. The molecular formula is C55H30N4O2S. The predicted octanol–water partition coefficient (Wildman–Crippen LogP) is 15.3. The van der Waals surface area contributed by atoms with E-state index < -0.39 is 0 Å². The van der Waals surface area contributed by atoms with Crippen LogP contribution in [0, 0.1) is 0 Å². The van der Waals surface area contributed by atoms with Crippen LogP contribution in [0.25, 0.3) is 136 Å². The molecule has 0 saturated heterocycles. The van der Waals surface area contributed by atoms with Crippen LogP contribution in [0.4, 0.5) is 0 Å². The van der Waals surface area contributed by atoms with Crippen molar-refractivity contribution in [2.75, 3.05) is 0 Å². The first-order valence-corrected chi connectivity index (χ1v) is 21.5. The number of hydrogen-bond donors (Lipinski definition) is 0. The normalized spacial score (nSPS) is 12.2. The van der Waals surface area contributed by atoms with Crippen molar-refractivity contribution >= 4 is 108 Å². The van der Waals surface area contributed by atoms with Gasteiger partial charge in [-0.2, -0.15) is 0 Å². The lowest BCUT2D eigenvalue weighted by molar-refractivity contribution is 0.668. The Morgan fingerprint density at radius 3 is 1.81 bits per heavy atom. The van der Waals surface area contributed by atoms with Crippen molar-refractivity contribution < 1.29 is 8.83 Å². The minimum atomic E-state index is 0.557. The average molecular weight is 811 g/mol. The maximum atomic E-state index is 6.74. The molecule has 0 aliphatic carbocycles. The highest BCUT2D eigenvalue weighted by atomic mass is 32.1. The molecular weight excluding hydrogens is 781 g/mol. The minimum Gasteiger partial charge on any atom is -0.456 e. The number of benzene rings is 9. The smallest absolute Gasteiger partial charge is 0.164 e. The monoisotopic (exact) mass is 810 g/mol. The zero-order valence-corrected chi connectivity index (χ0v) is 33.7. The molecule has 0 saturated carbocycles. The average Bonchev–Trinajstić information content (AvgIpc) is 4.08. The molecule has 9 aromatic carbocycles. The lowest BCUT2D eigenvalue weighted by atomic mass is 10.0. The summed E-state index contributed by atoms with van der Waals surface area (Å²) in [6.07, 6.45) is 0. The highest BCUT2D eigenvalue weighted by Gasteiger charge is 2.23. The van der Waals surface area contributed by atoms with Gasteiger partial charge in [-0.1, -0.05) is 97.1 Å². The molecule has 62 heavy (non-hydrogen) atoms. The number of thiophene rings is 1. The largest absolute Gasteiger partial charge is 0.456 e. The van der Waals surface area contributed by atoms with E-state index in [0.717, 1.165) is 77.3 Å². The molecule has 0 unspecified atom stereocenters. The molecule has 0 radical (unpaired) electrons. The zero-order valence-electron chi connectivity index (χ0n) is 32.8. The highest BCUT2D eigenvalue weighted by molar-refractivity contribution is 7.25. The summed E-state index contributed by atoms with van der Waals surface area (Å²) in [5, 5.41) is 11.2. The number of para-hydroxylation sites is 3. The van der Waals surface area contributed by atoms with Crippen LogP contribution < -0.4 is 0 Å². The molecule has 0 fully saturated rings. The molecule has 7 heteroatoms. The lowest BCUT2D eigenvalue weighted by Crippen LogP contribution is -2.02. The van der Waals surface area contributed by atoms with Crippen LogP contribution in [0.1, 0.15) is 0 Å². The Morgan fingerprint density at radius 2 is 0.968 bits per heavy atom. The first-order chi connectivity index (χ1) is 30.7. The zero-order chi connectivity index (χ0) is 40.5. The van der Waals surface area contributed by atoms with Crippen LogP contribution >= 0.6 is 11.3 Å². The summed E-state index contributed by atoms with van der Waals surface area (Å²) in [6, 6.07) is 63.9. The van der Waals surface area contributed by atoms with Gasteiger partial charge in [0.05, 0.1) is 16.7 Å². The Kier molecular flexibility index (Phi) is 6.89. The van der Waals surface area contributed by atoms with Gasteiger partial charge in [-0.15, -0.1) is 11.3 Å². The van der Waals surface area contributed by atoms with Gasteiger partial charge >= 0.3 is 0 Å². The number of rotatable bonds is 4. The number of furan rings is 2. The van der Waals surface area contributed by atoms with Crippen molar-refractivity contribution in [1.82, 2.24) is 19.5 Å². The Labute approximate surface area is 356 Å². The second-order valence-electron chi connectivity index (χ2n) is 16.0. The Bertz CT molecular complexity index is 4060. The van der Waals surface area contributed by atoms with Gasteiger partial charge in [0, 0.05) is 75.2 Å². The van der Waals surface area contributed by atoms with E-state index >= 15 is 0 Å². The molecule has 14 rings (SSSR count). The maximum absolute atomic E-state index is 6.74. The number of aromatic nitrogens is 4. The first-order valence-electron chi connectivity index (χ1n) is 20.7. The van der Waals surface area contributed by atoms with Gasteiger partial charge in [0.25, 0.3) is 0 Å². The van der Waals surface area contributed by atoms with Crippen LogP contribution in [0.5, 0.6) is 0 Å². The van der Waals surface area contributed by atoms with Crippen molar-refractivity contribution in [3.05, 3.63) is 182 Å². The van der Waals surface area contributed by atoms with Crippen LogP contribution in [0.15, 0.2) is 191 Å². The topological polar surface area (TPSA) is 69.9 Å². The van der Waals surface area contributed by atoms with E-state index in [1.54, 1.807) is 11.3 Å². The van der Waals surface area contributed by atoms with Gasteiger partial charge in [0.2, 0.25) is 0 Å². The van der Waals surface area contributed by atoms with Gasteiger partial charge in [-0.25, -0.2) is 15.0 Å². The summed E-state index contributed by atoms with van der Waals surface area (Å²) in [6.45, 7) is 0. The second kappa shape index (κ2) is 12.7. The molecule has 0 bridgehead atoms. The molecule has 288 valence electrons. The number of fused-ring (bicyclic) bond motifs is 13. The van der Waals surface area contributed by atoms with E-state index in [1.165, 1.54) is 41.7 Å². The van der Waals surface area contributed by atoms with Crippen molar-refractivity contribution in [3.8, 4) is 39.9 Å². The van der Waals surface area contributed by atoms with Crippen molar-refractivity contribution in [2.24, 2.45) is 0 Å². The summed E-state index contributed by atoms with van der Waals surface area (Å²) in [7, 11) is 0. The lowest BCUT2D eigenvalue weighted by Gasteiger charge is -2.13. The Balaban J connectivity index is 1.07. The molecule has 5 heterocycles. The number of nitrogens with zero attached hydrogens (tertiary/aromatic N) is 4. The fourth-order valence-electron chi connectivity index (χ4n) is 9.56. The standard InChI is InChI=1S/C55H30N4O2S/c1-2-12-32-28-45-40(25-31(32)11-1)36-13-3-7-17-44(36)59(45)35-29-43(52-39-16-5-9-19-47(39)61-49(52)30-35)55-57-53(33-21-23-48-41(26-33)37-14-4-8-18-46(37)60-48)56-54(58-55)34-22-24-51-42(27-34)38-15-6-10-20-50(38)62-51/h1-30H. The molecule has 0 N–H and O–H groups in total. The fourth-order valence-corrected chi connectivity index (χ4v) is 10.6. The summed E-state index contributed by atoms with van der Waals surface area (Å²) >= 11 is 1.80. The number of hydrogen-bond acceptors (Lipinski definition) is 6. The van der Waals surface area contributed by atoms with E-state index in [0.29, 0.717) is 17.5 Å². The first kappa shape index (κ1) is 33.7. The molecule has 0 aliphatic heterocycles. The minimum absolute atomic E-state index is 0.557. The van der Waals surface area contributed by atoms with Crippen molar-refractivity contribution in [1.29, 1.82) is 0 Å². The summed E-state index contributed by atoms with van der Waals surface area (Å²) in [5.41, 5.74) is 9.03. The molecule has 5 aromatic heterocycles. The van der Waals surface area contributed by atoms with Gasteiger partial charge in [-0.05, 0) is 89.6 Å². The predicted molar refractivity (Wildman–Crippen MR) is 255 cm³/mol. The van der Waals surface area contributed by atoms with E-state index in [9.17, 15) is 0 Å².